The zero-order valence-electron chi connectivity index (χ0n) is 13.3. The molecule has 0 amide bonds. The first-order chi connectivity index (χ1) is 10.4. The highest BCUT2D eigenvalue weighted by atomic mass is 16.7. The Balaban J connectivity index is 1.55. The standard InChI is InChI=1S/C18H29NO2/c1-19-13-11-17-7-9-18(10-8-17)21-15-20-14-12-16-5-3-2-4-6-16/h7-10,16,19H,2-6,11-15H2,1H3. The molecule has 1 fully saturated rings. The Bertz CT molecular complexity index is 371. The molecule has 2 rings (SSSR count). The van der Waals surface area contributed by atoms with Crippen LogP contribution in [0.15, 0.2) is 24.3 Å². The Morgan fingerprint density at radius 1 is 1.10 bits per heavy atom. The summed E-state index contributed by atoms with van der Waals surface area (Å²) in [6, 6.07) is 8.29. The van der Waals surface area contributed by atoms with E-state index in [1.807, 2.05) is 19.2 Å². The molecule has 21 heavy (non-hydrogen) atoms. The van der Waals surface area contributed by atoms with Crippen molar-refractivity contribution >= 4 is 0 Å². The zero-order chi connectivity index (χ0) is 14.8. The van der Waals surface area contributed by atoms with Crippen molar-refractivity contribution in [1.29, 1.82) is 0 Å². The Kier molecular flexibility index (Phi) is 7.61. The predicted molar refractivity (Wildman–Crippen MR) is 86.7 cm³/mol. The first-order valence-electron chi connectivity index (χ1n) is 8.32. The van der Waals surface area contributed by atoms with Gasteiger partial charge in [0.15, 0.2) is 6.79 Å². The summed E-state index contributed by atoms with van der Waals surface area (Å²) < 4.78 is 11.2. The number of hydrogen-bond donors (Lipinski definition) is 1. The maximum atomic E-state index is 5.62. The second-order valence-electron chi connectivity index (χ2n) is 5.96. The summed E-state index contributed by atoms with van der Waals surface area (Å²) in [5.74, 6) is 1.77. The van der Waals surface area contributed by atoms with Crippen LogP contribution in [0.4, 0.5) is 0 Å². The molecule has 1 aromatic rings. The van der Waals surface area contributed by atoms with Crippen LogP contribution in [0.1, 0.15) is 44.1 Å². The van der Waals surface area contributed by atoms with Gasteiger partial charge in [0, 0.05) is 0 Å². The Morgan fingerprint density at radius 2 is 1.86 bits per heavy atom. The summed E-state index contributed by atoms with van der Waals surface area (Å²) in [4.78, 5) is 0. The predicted octanol–water partition coefficient (Wildman–Crippen LogP) is 3.77. The van der Waals surface area contributed by atoms with Crippen molar-refractivity contribution in [2.45, 2.75) is 44.9 Å². The largest absolute Gasteiger partial charge is 0.468 e. The molecule has 1 N–H and O–H groups in total. The summed E-state index contributed by atoms with van der Waals surface area (Å²) in [5.41, 5.74) is 1.33. The maximum absolute atomic E-state index is 5.62. The van der Waals surface area contributed by atoms with Gasteiger partial charge in [0.25, 0.3) is 0 Å². The van der Waals surface area contributed by atoms with E-state index in [9.17, 15) is 0 Å². The van der Waals surface area contributed by atoms with Gasteiger partial charge in [-0.15, -0.1) is 0 Å². The molecule has 3 nitrogen and oxygen atoms in total. The molecular weight excluding hydrogens is 262 g/mol. The molecule has 0 heterocycles. The summed E-state index contributed by atoms with van der Waals surface area (Å²) in [7, 11) is 1.97. The maximum Gasteiger partial charge on any atom is 0.189 e. The van der Waals surface area contributed by atoms with Crippen LogP contribution >= 0.6 is 0 Å². The first kappa shape index (κ1) is 16.3. The Labute approximate surface area is 129 Å². The van der Waals surface area contributed by atoms with Gasteiger partial charge in [0.05, 0.1) is 6.61 Å². The van der Waals surface area contributed by atoms with E-state index < -0.39 is 0 Å². The topological polar surface area (TPSA) is 30.5 Å². The lowest BCUT2D eigenvalue weighted by Gasteiger charge is -2.21. The van der Waals surface area contributed by atoms with E-state index in [-0.39, 0.29) is 0 Å². The SMILES string of the molecule is CNCCc1ccc(OCOCCC2CCCCC2)cc1. The van der Waals surface area contributed by atoms with Crippen molar-refractivity contribution < 1.29 is 9.47 Å². The van der Waals surface area contributed by atoms with Gasteiger partial charge in [-0.3, -0.25) is 0 Å². The molecule has 0 radical (unpaired) electrons. The zero-order valence-corrected chi connectivity index (χ0v) is 13.3. The minimum Gasteiger partial charge on any atom is -0.468 e. The van der Waals surface area contributed by atoms with Crippen LogP contribution in [0.2, 0.25) is 0 Å². The molecule has 0 saturated heterocycles. The summed E-state index contributed by atoms with van der Waals surface area (Å²) >= 11 is 0. The third-order valence-electron chi connectivity index (χ3n) is 4.29. The van der Waals surface area contributed by atoms with E-state index >= 15 is 0 Å². The third kappa shape index (κ3) is 6.49. The van der Waals surface area contributed by atoms with Gasteiger partial charge in [-0.05, 0) is 50.0 Å². The smallest absolute Gasteiger partial charge is 0.189 e. The van der Waals surface area contributed by atoms with E-state index in [1.165, 1.54) is 44.1 Å². The van der Waals surface area contributed by atoms with Crippen molar-refractivity contribution in [2.24, 2.45) is 5.92 Å². The minimum absolute atomic E-state index is 0.364. The molecule has 1 aromatic carbocycles. The number of likely N-dealkylation sites (N-methyl/N-ethyl adjacent to an activating group) is 1. The number of hydrogen-bond acceptors (Lipinski definition) is 3. The van der Waals surface area contributed by atoms with Crippen LogP contribution in [0.25, 0.3) is 0 Å². The second-order valence-corrected chi connectivity index (χ2v) is 5.96. The summed E-state index contributed by atoms with van der Waals surface area (Å²) in [6.07, 6.45) is 9.24. The van der Waals surface area contributed by atoms with Gasteiger partial charge in [0.2, 0.25) is 0 Å². The lowest BCUT2D eigenvalue weighted by atomic mass is 9.87. The molecule has 1 saturated carbocycles. The van der Waals surface area contributed by atoms with Crippen molar-refractivity contribution in [3.8, 4) is 5.75 Å². The fourth-order valence-corrected chi connectivity index (χ4v) is 2.92. The highest BCUT2D eigenvalue weighted by molar-refractivity contribution is 5.27. The minimum atomic E-state index is 0.364. The van der Waals surface area contributed by atoms with Gasteiger partial charge < -0.3 is 14.8 Å². The van der Waals surface area contributed by atoms with Crippen molar-refractivity contribution in [3.63, 3.8) is 0 Å². The monoisotopic (exact) mass is 291 g/mol. The number of ether oxygens (including phenoxy) is 2. The Morgan fingerprint density at radius 3 is 2.57 bits per heavy atom. The van der Waals surface area contributed by atoms with E-state index in [4.69, 9.17) is 9.47 Å². The number of rotatable bonds is 9. The molecule has 0 atom stereocenters. The molecule has 1 aliphatic rings. The van der Waals surface area contributed by atoms with E-state index in [0.29, 0.717) is 6.79 Å². The fourth-order valence-electron chi connectivity index (χ4n) is 2.92. The molecule has 0 aromatic heterocycles. The summed E-state index contributed by atoms with van der Waals surface area (Å²) in [6.45, 7) is 2.19. The van der Waals surface area contributed by atoms with Gasteiger partial charge in [-0.25, -0.2) is 0 Å². The highest BCUT2D eigenvalue weighted by Crippen LogP contribution is 2.26. The molecule has 0 spiro atoms. The number of nitrogens with one attached hydrogen (secondary N) is 1. The average molecular weight is 291 g/mol. The second kappa shape index (κ2) is 9.80. The normalized spacial score (nSPS) is 16.0. The summed E-state index contributed by atoms with van der Waals surface area (Å²) in [5, 5.41) is 3.15. The molecular formula is C18H29NO2. The van der Waals surface area contributed by atoms with E-state index in [1.54, 1.807) is 0 Å². The van der Waals surface area contributed by atoms with Crippen LogP contribution in [0, 0.1) is 5.92 Å². The van der Waals surface area contributed by atoms with Crippen molar-refractivity contribution in [3.05, 3.63) is 29.8 Å². The Hall–Kier alpha value is -1.06. The number of benzene rings is 1. The molecule has 1 aliphatic carbocycles. The molecule has 0 bridgehead atoms. The quantitative estimate of drug-likeness (QED) is 0.555. The van der Waals surface area contributed by atoms with Crippen LogP contribution < -0.4 is 10.1 Å². The lowest BCUT2D eigenvalue weighted by Crippen LogP contribution is -2.11. The van der Waals surface area contributed by atoms with Crippen LogP contribution in [-0.2, 0) is 11.2 Å². The first-order valence-corrected chi connectivity index (χ1v) is 8.32. The molecule has 0 aliphatic heterocycles. The van der Waals surface area contributed by atoms with Crippen LogP contribution in [0.3, 0.4) is 0 Å². The lowest BCUT2D eigenvalue weighted by molar-refractivity contribution is 0.00763. The van der Waals surface area contributed by atoms with E-state index in [0.717, 1.165) is 31.2 Å². The molecule has 118 valence electrons. The van der Waals surface area contributed by atoms with Gasteiger partial charge in [0.1, 0.15) is 5.75 Å². The van der Waals surface area contributed by atoms with Crippen LogP contribution in [0.5, 0.6) is 5.75 Å². The van der Waals surface area contributed by atoms with Gasteiger partial charge >= 0.3 is 0 Å². The average Bonchev–Trinajstić information content (AvgIpc) is 2.55. The molecule has 0 unspecified atom stereocenters. The highest BCUT2D eigenvalue weighted by Gasteiger charge is 2.12. The molecule has 3 heteroatoms. The van der Waals surface area contributed by atoms with Gasteiger partial charge in [-0.2, -0.15) is 0 Å². The third-order valence-corrected chi connectivity index (χ3v) is 4.29. The van der Waals surface area contributed by atoms with Crippen molar-refractivity contribution in [1.82, 2.24) is 5.32 Å². The van der Waals surface area contributed by atoms with Gasteiger partial charge in [-0.1, -0.05) is 44.2 Å². The van der Waals surface area contributed by atoms with E-state index in [2.05, 4.69) is 17.4 Å². The fraction of sp³-hybridized carbons (Fsp3) is 0.667. The van der Waals surface area contributed by atoms with Crippen molar-refractivity contribution in [2.75, 3.05) is 27.0 Å². The van der Waals surface area contributed by atoms with Crippen LogP contribution in [-0.4, -0.2) is 27.0 Å².